The lowest BCUT2D eigenvalue weighted by atomic mass is 10.1. The molecular weight excluding hydrogens is 444 g/mol. The Morgan fingerprint density at radius 1 is 0.594 bits per heavy atom. The molecule has 32 heavy (non-hydrogen) atoms. The molecule has 2 rings (SSSR count). The van der Waals surface area contributed by atoms with E-state index in [1.165, 1.54) is 0 Å². The van der Waals surface area contributed by atoms with Gasteiger partial charge in [0.2, 0.25) is 20.0 Å². The van der Waals surface area contributed by atoms with Gasteiger partial charge in [-0.25, -0.2) is 26.3 Å². The van der Waals surface area contributed by atoms with Gasteiger partial charge in [-0.05, 0) is 37.8 Å². The Morgan fingerprint density at radius 2 is 0.906 bits per heavy atom. The van der Waals surface area contributed by atoms with Crippen molar-refractivity contribution in [3.63, 3.8) is 0 Å². The largest absolute Gasteiger partial charge is 0.241 e. The summed E-state index contributed by atoms with van der Waals surface area (Å²) in [5, 5.41) is 0.828. The molecule has 0 aliphatic heterocycles. The number of hydrogen-bond acceptors (Lipinski definition) is 4. The SMILES string of the molecule is CCCC(CCC)NS(=O)(=O)c1cccc2c(S(=O)(=O)NC(CCC)CCC)cccc12. The molecule has 2 aromatic rings. The molecule has 0 aliphatic carbocycles. The summed E-state index contributed by atoms with van der Waals surface area (Å²) >= 11 is 0. The van der Waals surface area contributed by atoms with Gasteiger partial charge in [0.15, 0.2) is 0 Å². The van der Waals surface area contributed by atoms with Crippen LogP contribution in [0.2, 0.25) is 0 Å². The maximum atomic E-state index is 13.2. The predicted octanol–water partition coefficient (Wildman–Crippen LogP) is 5.33. The topological polar surface area (TPSA) is 92.3 Å². The molecule has 0 atom stereocenters. The molecule has 0 saturated heterocycles. The fraction of sp³-hybridized carbons (Fsp3) is 0.583. The minimum absolute atomic E-state index is 0.114. The van der Waals surface area contributed by atoms with E-state index in [0.29, 0.717) is 10.8 Å². The number of benzene rings is 2. The molecule has 0 saturated carbocycles. The highest BCUT2D eigenvalue weighted by Gasteiger charge is 2.25. The second kappa shape index (κ2) is 12.1. The first-order valence-corrected chi connectivity index (χ1v) is 14.7. The summed E-state index contributed by atoms with van der Waals surface area (Å²) in [6.45, 7) is 8.12. The summed E-state index contributed by atoms with van der Waals surface area (Å²) in [7, 11) is -7.60. The second-order valence-electron chi connectivity index (χ2n) is 8.40. The van der Waals surface area contributed by atoms with E-state index in [1.807, 2.05) is 27.7 Å². The van der Waals surface area contributed by atoms with Gasteiger partial charge in [0, 0.05) is 22.9 Å². The molecule has 0 fully saturated rings. The third-order valence-electron chi connectivity index (χ3n) is 5.61. The van der Waals surface area contributed by atoms with Crippen LogP contribution in [0.5, 0.6) is 0 Å². The Balaban J connectivity index is 2.50. The first-order valence-electron chi connectivity index (χ1n) is 11.8. The third-order valence-corrected chi connectivity index (χ3v) is 8.77. The van der Waals surface area contributed by atoms with Crippen LogP contribution in [0.25, 0.3) is 10.8 Å². The van der Waals surface area contributed by atoms with Gasteiger partial charge < -0.3 is 0 Å². The van der Waals surface area contributed by atoms with Crippen molar-refractivity contribution in [1.82, 2.24) is 9.44 Å². The molecule has 0 amide bonds. The van der Waals surface area contributed by atoms with Gasteiger partial charge >= 0.3 is 0 Å². The van der Waals surface area contributed by atoms with Crippen LogP contribution < -0.4 is 9.44 Å². The molecule has 0 aliphatic rings. The van der Waals surface area contributed by atoms with Crippen LogP contribution in [0.15, 0.2) is 46.2 Å². The van der Waals surface area contributed by atoms with Crippen LogP contribution in [0.4, 0.5) is 0 Å². The first kappa shape index (κ1) is 26.8. The highest BCUT2D eigenvalue weighted by Crippen LogP contribution is 2.29. The molecule has 0 radical (unpaired) electrons. The maximum Gasteiger partial charge on any atom is 0.241 e. The van der Waals surface area contributed by atoms with Gasteiger partial charge in [-0.2, -0.15) is 0 Å². The van der Waals surface area contributed by atoms with E-state index in [0.717, 1.165) is 51.4 Å². The van der Waals surface area contributed by atoms with Crippen molar-refractivity contribution in [3.8, 4) is 0 Å². The molecule has 6 nitrogen and oxygen atoms in total. The number of fused-ring (bicyclic) bond motifs is 1. The fourth-order valence-electron chi connectivity index (χ4n) is 4.21. The lowest BCUT2D eigenvalue weighted by molar-refractivity contribution is 0.493. The molecular formula is C24H38N2O4S2. The van der Waals surface area contributed by atoms with Gasteiger partial charge in [0.25, 0.3) is 0 Å². The summed E-state index contributed by atoms with van der Waals surface area (Å²) in [6, 6.07) is 9.38. The zero-order valence-electron chi connectivity index (χ0n) is 19.7. The van der Waals surface area contributed by atoms with Crippen molar-refractivity contribution in [2.75, 3.05) is 0 Å². The highest BCUT2D eigenvalue weighted by molar-refractivity contribution is 7.90. The standard InChI is InChI=1S/C24H38N2O4S2/c1-5-11-19(12-6-2)25-31(27,28)23-17-9-16-22-21(23)15-10-18-24(22)32(29,30)26-20(13-7-3)14-8-4/h9-10,15-20,25-26H,5-8,11-14H2,1-4H3. The van der Waals surface area contributed by atoms with E-state index in [9.17, 15) is 16.8 Å². The Bertz CT molecular complexity index is 983. The normalized spacial score (nSPS) is 12.8. The van der Waals surface area contributed by atoms with Crippen LogP contribution >= 0.6 is 0 Å². The van der Waals surface area contributed by atoms with Crippen molar-refractivity contribution in [2.24, 2.45) is 0 Å². The number of hydrogen-bond donors (Lipinski definition) is 2. The summed E-state index contributed by atoms with van der Waals surface area (Å²) < 4.78 is 58.6. The third kappa shape index (κ3) is 6.76. The molecule has 0 spiro atoms. The molecule has 0 unspecified atom stereocenters. The van der Waals surface area contributed by atoms with Crippen LogP contribution in [0.3, 0.4) is 0 Å². The zero-order valence-corrected chi connectivity index (χ0v) is 21.4. The summed E-state index contributed by atoms with van der Waals surface area (Å²) in [5.74, 6) is 0. The fourth-order valence-corrected chi connectivity index (χ4v) is 7.26. The zero-order chi connectivity index (χ0) is 23.8. The van der Waals surface area contributed by atoms with Crippen molar-refractivity contribution >= 4 is 30.8 Å². The lowest BCUT2D eigenvalue weighted by Gasteiger charge is -2.20. The van der Waals surface area contributed by atoms with E-state index >= 15 is 0 Å². The van der Waals surface area contributed by atoms with Gasteiger partial charge in [-0.3, -0.25) is 0 Å². The first-order chi connectivity index (χ1) is 15.2. The molecule has 0 heterocycles. The summed E-state index contributed by atoms with van der Waals surface area (Å²) in [4.78, 5) is 0.228. The van der Waals surface area contributed by atoms with Crippen LogP contribution in [0, 0.1) is 0 Å². The van der Waals surface area contributed by atoms with Gasteiger partial charge in [-0.15, -0.1) is 0 Å². The minimum atomic E-state index is -3.80. The average molecular weight is 483 g/mol. The molecule has 0 aromatic heterocycles. The monoisotopic (exact) mass is 482 g/mol. The minimum Gasteiger partial charge on any atom is -0.208 e. The second-order valence-corrected chi connectivity index (χ2v) is 11.8. The van der Waals surface area contributed by atoms with Gasteiger partial charge in [-0.1, -0.05) is 77.6 Å². The molecule has 2 aromatic carbocycles. The summed E-state index contributed by atoms with van der Waals surface area (Å²) in [5.41, 5.74) is 0. The van der Waals surface area contributed by atoms with E-state index in [4.69, 9.17) is 0 Å². The van der Waals surface area contributed by atoms with E-state index in [2.05, 4.69) is 9.44 Å². The number of sulfonamides is 2. The Morgan fingerprint density at radius 3 is 1.19 bits per heavy atom. The quantitative estimate of drug-likeness (QED) is 0.380. The van der Waals surface area contributed by atoms with Gasteiger partial charge in [0.05, 0.1) is 9.79 Å². The molecule has 0 bridgehead atoms. The Kier molecular flexibility index (Phi) is 10.1. The van der Waals surface area contributed by atoms with Crippen LogP contribution in [-0.2, 0) is 20.0 Å². The highest BCUT2D eigenvalue weighted by atomic mass is 32.2. The number of nitrogens with one attached hydrogen (secondary N) is 2. The Labute approximate surface area is 194 Å². The molecule has 2 N–H and O–H groups in total. The van der Waals surface area contributed by atoms with Gasteiger partial charge in [0.1, 0.15) is 0 Å². The predicted molar refractivity (Wildman–Crippen MR) is 132 cm³/mol. The smallest absolute Gasteiger partial charge is 0.208 e. The van der Waals surface area contributed by atoms with Crippen LogP contribution in [-0.4, -0.2) is 28.9 Å². The van der Waals surface area contributed by atoms with Crippen LogP contribution in [0.1, 0.15) is 79.1 Å². The van der Waals surface area contributed by atoms with Crippen molar-refractivity contribution < 1.29 is 16.8 Å². The maximum absolute atomic E-state index is 13.2. The lowest BCUT2D eigenvalue weighted by Crippen LogP contribution is -2.35. The van der Waals surface area contributed by atoms with Crippen molar-refractivity contribution in [3.05, 3.63) is 36.4 Å². The van der Waals surface area contributed by atoms with Crippen molar-refractivity contribution in [2.45, 2.75) is 101 Å². The van der Waals surface area contributed by atoms with Crippen molar-refractivity contribution in [1.29, 1.82) is 0 Å². The van der Waals surface area contributed by atoms with E-state index in [-0.39, 0.29) is 21.9 Å². The summed E-state index contributed by atoms with van der Waals surface area (Å²) in [6.07, 6.45) is 6.58. The average Bonchev–Trinajstić information content (AvgIpc) is 2.73. The molecule has 180 valence electrons. The molecule has 8 heteroatoms. The number of rotatable bonds is 14. The van der Waals surface area contributed by atoms with E-state index < -0.39 is 20.0 Å². The van der Waals surface area contributed by atoms with E-state index in [1.54, 1.807) is 36.4 Å². The Hall–Kier alpha value is -1.48.